The molecule has 3 rings (SSSR count). The van der Waals surface area contributed by atoms with Gasteiger partial charge in [-0.15, -0.1) is 0 Å². The lowest BCUT2D eigenvalue weighted by Crippen LogP contribution is -2.32. The Hall–Kier alpha value is -3.94. The van der Waals surface area contributed by atoms with Gasteiger partial charge < -0.3 is 15.4 Å². The Morgan fingerprint density at radius 3 is 2.23 bits per heavy atom. The Kier molecular flexibility index (Phi) is 6.81. The Bertz CT molecular complexity index is 1090. The monoisotopic (exact) mass is 420 g/mol. The number of amides is 2. The first-order valence-electron chi connectivity index (χ1n) is 9.74. The molecular formula is C23H24N4O4. The lowest BCUT2D eigenvalue weighted by Gasteiger charge is -2.08. The molecule has 1 aromatic heterocycles. The first-order chi connectivity index (χ1) is 14.8. The van der Waals surface area contributed by atoms with Crippen LogP contribution in [0.2, 0.25) is 0 Å². The van der Waals surface area contributed by atoms with Crippen LogP contribution in [0.3, 0.4) is 0 Å². The number of benzene rings is 2. The number of anilines is 1. The molecule has 2 N–H and O–H groups in total. The highest BCUT2D eigenvalue weighted by Gasteiger charge is 2.15. The molecule has 1 heterocycles. The molecule has 0 bridgehead atoms. The minimum absolute atomic E-state index is 0.336. The number of esters is 1. The van der Waals surface area contributed by atoms with Gasteiger partial charge in [-0.05, 0) is 37.1 Å². The van der Waals surface area contributed by atoms with Crippen molar-refractivity contribution in [1.82, 2.24) is 15.1 Å². The SMILES string of the molecule is Cc1nn(C)c(C)c1NC(=O)COC(=O)CNC(=O)c1ccc(-c2ccccc2)cc1. The van der Waals surface area contributed by atoms with Gasteiger partial charge in [0.25, 0.3) is 11.8 Å². The van der Waals surface area contributed by atoms with Crippen molar-refractivity contribution in [2.24, 2.45) is 7.05 Å². The fraction of sp³-hybridized carbons (Fsp3) is 0.217. The van der Waals surface area contributed by atoms with E-state index in [0.717, 1.165) is 16.8 Å². The molecule has 0 spiro atoms. The molecule has 0 radical (unpaired) electrons. The van der Waals surface area contributed by atoms with Crippen molar-refractivity contribution in [1.29, 1.82) is 0 Å². The smallest absolute Gasteiger partial charge is 0.325 e. The number of carbonyl (C=O) groups excluding carboxylic acids is 3. The summed E-state index contributed by atoms with van der Waals surface area (Å²) in [6.45, 7) is 2.81. The summed E-state index contributed by atoms with van der Waals surface area (Å²) in [6, 6.07) is 16.9. The lowest BCUT2D eigenvalue weighted by atomic mass is 10.0. The van der Waals surface area contributed by atoms with E-state index in [4.69, 9.17) is 4.74 Å². The third kappa shape index (κ3) is 5.57. The van der Waals surface area contributed by atoms with Gasteiger partial charge in [0.05, 0.1) is 17.1 Å². The quantitative estimate of drug-likeness (QED) is 0.572. The van der Waals surface area contributed by atoms with Crippen LogP contribution >= 0.6 is 0 Å². The summed E-state index contributed by atoms with van der Waals surface area (Å²) < 4.78 is 6.58. The molecule has 0 aliphatic heterocycles. The standard InChI is InChI=1S/C23H24N4O4/c1-15-22(16(2)27(3)26-15)25-20(28)14-31-21(29)13-24-23(30)19-11-9-18(10-12-19)17-7-5-4-6-8-17/h4-12H,13-14H2,1-3H3,(H,24,30)(H,25,28). The van der Waals surface area contributed by atoms with Crippen molar-refractivity contribution < 1.29 is 19.1 Å². The van der Waals surface area contributed by atoms with E-state index in [1.54, 1.807) is 30.8 Å². The van der Waals surface area contributed by atoms with Gasteiger partial charge in [0, 0.05) is 12.6 Å². The number of hydrogen-bond donors (Lipinski definition) is 2. The Balaban J connectivity index is 1.45. The average molecular weight is 420 g/mol. The third-order valence-corrected chi connectivity index (χ3v) is 4.79. The summed E-state index contributed by atoms with van der Waals surface area (Å²) in [5, 5.41) is 9.38. The number of hydrogen-bond acceptors (Lipinski definition) is 5. The molecule has 31 heavy (non-hydrogen) atoms. The van der Waals surface area contributed by atoms with Crippen molar-refractivity contribution in [3.63, 3.8) is 0 Å². The fourth-order valence-electron chi connectivity index (χ4n) is 3.03. The van der Waals surface area contributed by atoms with Gasteiger partial charge >= 0.3 is 5.97 Å². The molecule has 8 nitrogen and oxygen atoms in total. The summed E-state index contributed by atoms with van der Waals surface area (Å²) in [5.74, 6) is -1.58. The van der Waals surface area contributed by atoms with Gasteiger partial charge in [-0.25, -0.2) is 0 Å². The summed E-state index contributed by atoms with van der Waals surface area (Å²) in [4.78, 5) is 36.2. The van der Waals surface area contributed by atoms with Gasteiger partial charge in [-0.1, -0.05) is 42.5 Å². The third-order valence-electron chi connectivity index (χ3n) is 4.79. The number of aryl methyl sites for hydroxylation is 2. The predicted molar refractivity (Wildman–Crippen MR) is 116 cm³/mol. The van der Waals surface area contributed by atoms with Crippen LogP contribution in [-0.4, -0.2) is 40.7 Å². The van der Waals surface area contributed by atoms with Gasteiger partial charge in [0.2, 0.25) is 0 Å². The van der Waals surface area contributed by atoms with E-state index < -0.39 is 24.4 Å². The molecule has 0 unspecified atom stereocenters. The maximum atomic E-state index is 12.2. The Labute approximate surface area is 180 Å². The summed E-state index contributed by atoms with van der Waals surface area (Å²) in [5.41, 5.74) is 4.52. The van der Waals surface area contributed by atoms with Crippen molar-refractivity contribution in [2.75, 3.05) is 18.5 Å². The molecule has 2 amide bonds. The van der Waals surface area contributed by atoms with Crippen LogP contribution < -0.4 is 10.6 Å². The summed E-state index contributed by atoms with van der Waals surface area (Å²) in [6.07, 6.45) is 0. The van der Waals surface area contributed by atoms with E-state index in [1.165, 1.54) is 0 Å². The highest BCUT2D eigenvalue weighted by Crippen LogP contribution is 2.19. The number of nitrogens with one attached hydrogen (secondary N) is 2. The first-order valence-corrected chi connectivity index (χ1v) is 9.74. The number of aromatic nitrogens is 2. The van der Waals surface area contributed by atoms with Crippen LogP contribution in [0.4, 0.5) is 5.69 Å². The predicted octanol–water partition coefficient (Wildman–Crippen LogP) is 2.62. The minimum atomic E-state index is -0.705. The van der Waals surface area contributed by atoms with Crippen LogP contribution in [0, 0.1) is 13.8 Å². The summed E-state index contributed by atoms with van der Waals surface area (Å²) in [7, 11) is 1.77. The Morgan fingerprint density at radius 1 is 0.968 bits per heavy atom. The second-order valence-electron chi connectivity index (χ2n) is 7.00. The molecular weight excluding hydrogens is 396 g/mol. The molecule has 0 saturated heterocycles. The first kappa shape index (κ1) is 21.8. The van der Waals surface area contributed by atoms with E-state index in [1.807, 2.05) is 49.4 Å². The maximum absolute atomic E-state index is 12.2. The van der Waals surface area contributed by atoms with Crippen molar-refractivity contribution >= 4 is 23.5 Å². The van der Waals surface area contributed by atoms with Crippen LogP contribution in [0.1, 0.15) is 21.7 Å². The van der Waals surface area contributed by atoms with Gasteiger partial charge in [0.1, 0.15) is 6.54 Å². The van der Waals surface area contributed by atoms with Gasteiger partial charge in [-0.2, -0.15) is 5.10 Å². The molecule has 0 atom stereocenters. The molecule has 0 aliphatic rings. The zero-order valence-electron chi connectivity index (χ0n) is 17.6. The number of ether oxygens (including phenoxy) is 1. The Morgan fingerprint density at radius 2 is 1.61 bits per heavy atom. The molecule has 0 saturated carbocycles. The van der Waals surface area contributed by atoms with E-state index in [0.29, 0.717) is 16.9 Å². The van der Waals surface area contributed by atoms with Gasteiger partial charge in [-0.3, -0.25) is 19.1 Å². The largest absolute Gasteiger partial charge is 0.454 e. The molecule has 2 aromatic carbocycles. The number of carbonyl (C=O) groups is 3. The maximum Gasteiger partial charge on any atom is 0.325 e. The number of nitrogens with zero attached hydrogens (tertiary/aromatic N) is 2. The molecule has 160 valence electrons. The van der Waals surface area contributed by atoms with Crippen molar-refractivity contribution in [3.05, 3.63) is 71.5 Å². The molecule has 3 aromatic rings. The average Bonchev–Trinajstić information content (AvgIpc) is 3.02. The normalized spacial score (nSPS) is 10.4. The second kappa shape index (κ2) is 9.71. The van der Waals surface area contributed by atoms with Crippen LogP contribution in [0.15, 0.2) is 54.6 Å². The highest BCUT2D eigenvalue weighted by atomic mass is 16.5. The van der Waals surface area contributed by atoms with E-state index in [2.05, 4.69) is 15.7 Å². The lowest BCUT2D eigenvalue weighted by molar-refractivity contribution is -0.146. The molecule has 0 aliphatic carbocycles. The van der Waals surface area contributed by atoms with E-state index >= 15 is 0 Å². The fourth-order valence-corrected chi connectivity index (χ4v) is 3.03. The van der Waals surface area contributed by atoms with E-state index in [9.17, 15) is 14.4 Å². The highest BCUT2D eigenvalue weighted by molar-refractivity contribution is 5.97. The minimum Gasteiger partial charge on any atom is -0.454 e. The zero-order valence-corrected chi connectivity index (χ0v) is 17.6. The second-order valence-corrected chi connectivity index (χ2v) is 7.00. The summed E-state index contributed by atoms with van der Waals surface area (Å²) >= 11 is 0. The van der Waals surface area contributed by atoms with Crippen molar-refractivity contribution in [2.45, 2.75) is 13.8 Å². The zero-order chi connectivity index (χ0) is 22.4. The van der Waals surface area contributed by atoms with Crippen LogP contribution in [0.25, 0.3) is 11.1 Å². The van der Waals surface area contributed by atoms with E-state index in [-0.39, 0.29) is 6.54 Å². The number of rotatable bonds is 7. The van der Waals surface area contributed by atoms with Gasteiger partial charge in [0.15, 0.2) is 6.61 Å². The van der Waals surface area contributed by atoms with Crippen LogP contribution in [-0.2, 0) is 21.4 Å². The van der Waals surface area contributed by atoms with Crippen LogP contribution in [0.5, 0.6) is 0 Å². The molecule has 8 heteroatoms. The van der Waals surface area contributed by atoms with Crippen molar-refractivity contribution in [3.8, 4) is 11.1 Å². The molecule has 0 fully saturated rings. The topological polar surface area (TPSA) is 102 Å².